The zero-order chi connectivity index (χ0) is 28.2. The van der Waals surface area contributed by atoms with E-state index in [9.17, 15) is 9.59 Å². The van der Waals surface area contributed by atoms with Crippen LogP contribution in [-0.4, -0.2) is 50.5 Å². The van der Waals surface area contributed by atoms with Crippen LogP contribution in [0.3, 0.4) is 0 Å². The van der Waals surface area contributed by atoms with Crippen LogP contribution >= 0.6 is 0 Å². The van der Waals surface area contributed by atoms with Gasteiger partial charge >= 0.3 is 6.09 Å². The standard InChI is InChI=1S/C32H30N6O3/c1-41-32(40)37-29(25-6-3-2-4-7-25)31(39)38-17-5-8-28(38)30-34-19-27(36-30)24-15-11-22(12-16-24)21-9-13-23(14-10-21)26-18-33-20-35-26/h2-4,6-7,9-16,18-20,28-29H,5,8,17H2,1H3,(H,33,35)(H,34,36)(H,37,40). The van der Waals surface area contributed by atoms with Crippen LogP contribution < -0.4 is 5.32 Å². The number of methoxy groups -OCH3 is 1. The summed E-state index contributed by atoms with van der Waals surface area (Å²) in [6.07, 6.45) is 6.27. The first-order chi connectivity index (χ1) is 20.1. The van der Waals surface area contributed by atoms with E-state index in [1.54, 1.807) is 11.2 Å². The minimum absolute atomic E-state index is 0.190. The Labute approximate surface area is 237 Å². The van der Waals surface area contributed by atoms with E-state index in [1.165, 1.54) is 7.11 Å². The van der Waals surface area contributed by atoms with Crippen LogP contribution in [0.5, 0.6) is 0 Å². The van der Waals surface area contributed by atoms with Crippen molar-refractivity contribution in [3.05, 3.63) is 109 Å². The molecule has 0 spiro atoms. The van der Waals surface area contributed by atoms with Gasteiger partial charge in [0, 0.05) is 6.54 Å². The Hall–Kier alpha value is -5.18. The number of rotatable bonds is 7. The van der Waals surface area contributed by atoms with E-state index in [0.29, 0.717) is 12.1 Å². The van der Waals surface area contributed by atoms with Gasteiger partial charge in [0.2, 0.25) is 0 Å². The van der Waals surface area contributed by atoms with E-state index in [-0.39, 0.29) is 11.9 Å². The number of hydrogen-bond acceptors (Lipinski definition) is 5. The van der Waals surface area contributed by atoms with Gasteiger partial charge in [0.25, 0.3) is 5.91 Å². The minimum atomic E-state index is -0.847. The number of H-pyrrole nitrogens is 2. The lowest BCUT2D eigenvalue weighted by Crippen LogP contribution is -2.42. The molecule has 206 valence electrons. The highest BCUT2D eigenvalue weighted by atomic mass is 16.5. The second-order valence-corrected chi connectivity index (χ2v) is 9.97. The van der Waals surface area contributed by atoms with Crippen LogP contribution in [-0.2, 0) is 9.53 Å². The molecular weight excluding hydrogens is 516 g/mol. The average molecular weight is 547 g/mol. The number of nitrogens with one attached hydrogen (secondary N) is 3. The fourth-order valence-electron chi connectivity index (χ4n) is 5.34. The molecule has 0 radical (unpaired) electrons. The van der Waals surface area contributed by atoms with E-state index < -0.39 is 12.1 Å². The van der Waals surface area contributed by atoms with Gasteiger partial charge in [0.1, 0.15) is 11.9 Å². The van der Waals surface area contributed by atoms with Gasteiger partial charge in [-0.1, -0.05) is 78.9 Å². The zero-order valence-corrected chi connectivity index (χ0v) is 22.6. The molecule has 5 aromatic rings. The predicted molar refractivity (Wildman–Crippen MR) is 155 cm³/mol. The molecule has 9 nitrogen and oxygen atoms in total. The first kappa shape index (κ1) is 26.1. The van der Waals surface area contributed by atoms with Crippen molar-refractivity contribution in [1.29, 1.82) is 0 Å². The number of benzene rings is 3. The second kappa shape index (κ2) is 11.5. The molecule has 1 fully saturated rings. The molecule has 2 unspecified atom stereocenters. The van der Waals surface area contributed by atoms with Crippen LogP contribution in [0.25, 0.3) is 33.6 Å². The van der Waals surface area contributed by atoms with Gasteiger partial charge in [-0.2, -0.15) is 0 Å². The highest BCUT2D eigenvalue weighted by Gasteiger charge is 2.37. The van der Waals surface area contributed by atoms with E-state index in [4.69, 9.17) is 4.74 Å². The third kappa shape index (κ3) is 5.47. The summed E-state index contributed by atoms with van der Waals surface area (Å²) < 4.78 is 4.79. The molecule has 0 aliphatic carbocycles. The molecule has 9 heteroatoms. The van der Waals surface area contributed by atoms with E-state index in [0.717, 1.165) is 52.3 Å². The first-order valence-electron chi connectivity index (χ1n) is 13.5. The quantitative estimate of drug-likeness (QED) is 0.235. The number of hydrogen-bond donors (Lipinski definition) is 3. The van der Waals surface area contributed by atoms with Crippen molar-refractivity contribution in [1.82, 2.24) is 30.2 Å². The maximum atomic E-state index is 13.7. The van der Waals surface area contributed by atoms with Crippen LogP contribution in [0, 0.1) is 0 Å². The summed E-state index contributed by atoms with van der Waals surface area (Å²) in [6, 6.07) is 24.8. The average Bonchev–Trinajstić information content (AvgIpc) is 3.82. The first-order valence-corrected chi connectivity index (χ1v) is 13.5. The van der Waals surface area contributed by atoms with Crippen LogP contribution in [0.4, 0.5) is 4.79 Å². The van der Waals surface area contributed by atoms with Gasteiger partial charge in [0.05, 0.1) is 43.3 Å². The number of carbonyl (C=O) groups excluding carboxylic acids is 2. The lowest BCUT2D eigenvalue weighted by atomic mass is 10.0. The van der Waals surface area contributed by atoms with Crippen molar-refractivity contribution in [2.45, 2.75) is 24.9 Å². The number of aromatic nitrogens is 4. The summed E-state index contributed by atoms with van der Waals surface area (Å²) in [7, 11) is 1.29. The van der Waals surface area contributed by atoms with Crippen LogP contribution in [0.2, 0.25) is 0 Å². The fraction of sp³-hybridized carbons (Fsp3) is 0.188. The number of nitrogens with zero attached hydrogens (tertiary/aromatic N) is 3. The number of ether oxygens (including phenoxy) is 1. The molecule has 2 atom stereocenters. The SMILES string of the molecule is COC(=O)NC(C(=O)N1CCCC1c1ncc(-c2ccc(-c3ccc(-c4cnc[nH]4)cc3)cc2)[nH]1)c1ccccc1. The number of amides is 2. The molecule has 3 aromatic carbocycles. The lowest BCUT2D eigenvalue weighted by molar-refractivity contribution is -0.134. The van der Waals surface area contributed by atoms with Gasteiger partial charge in [-0.15, -0.1) is 0 Å². The van der Waals surface area contributed by atoms with Gasteiger partial charge < -0.3 is 24.9 Å². The van der Waals surface area contributed by atoms with E-state index in [1.807, 2.05) is 42.7 Å². The van der Waals surface area contributed by atoms with E-state index in [2.05, 4.69) is 73.8 Å². The lowest BCUT2D eigenvalue weighted by Gasteiger charge is -2.28. The van der Waals surface area contributed by atoms with Crippen LogP contribution in [0.15, 0.2) is 97.6 Å². The second-order valence-electron chi connectivity index (χ2n) is 9.97. The Morgan fingerprint density at radius 2 is 1.56 bits per heavy atom. The summed E-state index contributed by atoms with van der Waals surface area (Å²) in [4.78, 5) is 42.9. The summed E-state index contributed by atoms with van der Waals surface area (Å²) in [5.41, 5.74) is 6.90. The normalized spacial score (nSPS) is 15.4. The summed E-state index contributed by atoms with van der Waals surface area (Å²) in [6.45, 7) is 0.583. The summed E-state index contributed by atoms with van der Waals surface area (Å²) in [5.74, 6) is 0.541. The highest BCUT2D eigenvalue weighted by Crippen LogP contribution is 2.34. The van der Waals surface area contributed by atoms with Crippen molar-refractivity contribution < 1.29 is 14.3 Å². The molecule has 3 heterocycles. The van der Waals surface area contributed by atoms with Crippen molar-refractivity contribution in [3.8, 4) is 33.6 Å². The Morgan fingerprint density at radius 3 is 2.20 bits per heavy atom. The van der Waals surface area contributed by atoms with Gasteiger partial charge in [0.15, 0.2) is 0 Å². The number of imidazole rings is 2. The zero-order valence-electron chi connectivity index (χ0n) is 22.6. The Morgan fingerprint density at radius 1 is 0.902 bits per heavy atom. The third-order valence-electron chi connectivity index (χ3n) is 7.50. The summed E-state index contributed by atoms with van der Waals surface area (Å²) in [5, 5.41) is 2.70. The predicted octanol–water partition coefficient (Wildman–Crippen LogP) is 5.89. The molecule has 41 heavy (non-hydrogen) atoms. The topological polar surface area (TPSA) is 116 Å². The number of alkyl carbamates (subject to hydrolysis) is 1. The molecule has 2 amide bonds. The Balaban J connectivity index is 1.18. The molecule has 1 aliphatic rings. The van der Waals surface area contributed by atoms with E-state index >= 15 is 0 Å². The minimum Gasteiger partial charge on any atom is -0.453 e. The number of likely N-dealkylation sites (tertiary alicyclic amines) is 1. The summed E-state index contributed by atoms with van der Waals surface area (Å²) >= 11 is 0. The van der Waals surface area contributed by atoms with Crippen molar-refractivity contribution in [2.24, 2.45) is 0 Å². The molecule has 3 N–H and O–H groups in total. The van der Waals surface area contributed by atoms with Crippen molar-refractivity contribution in [3.63, 3.8) is 0 Å². The maximum absolute atomic E-state index is 13.7. The molecular formula is C32H30N6O3. The maximum Gasteiger partial charge on any atom is 0.407 e. The molecule has 1 aliphatic heterocycles. The Kier molecular flexibility index (Phi) is 7.32. The van der Waals surface area contributed by atoms with Crippen molar-refractivity contribution in [2.75, 3.05) is 13.7 Å². The monoisotopic (exact) mass is 546 g/mol. The third-order valence-corrected chi connectivity index (χ3v) is 7.50. The highest BCUT2D eigenvalue weighted by molar-refractivity contribution is 5.87. The molecule has 2 aromatic heterocycles. The smallest absolute Gasteiger partial charge is 0.407 e. The van der Waals surface area contributed by atoms with Gasteiger partial charge in [-0.05, 0) is 40.7 Å². The molecule has 1 saturated heterocycles. The van der Waals surface area contributed by atoms with Gasteiger partial charge in [-0.3, -0.25) is 4.79 Å². The largest absolute Gasteiger partial charge is 0.453 e. The Bertz CT molecular complexity index is 1610. The van der Waals surface area contributed by atoms with Gasteiger partial charge in [-0.25, -0.2) is 14.8 Å². The molecule has 6 rings (SSSR count). The van der Waals surface area contributed by atoms with Crippen LogP contribution in [0.1, 0.15) is 36.3 Å². The molecule has 0 bridgehead atoms. The molecule has 0 saturated carbocycles. The van der Waals surface area contributed by atoms with Crippen molar-refractivity contribution >= 4 is 12.0 Å². The fourth-order valence-corrected chi connectivity index (χ4v) is 5.34. The number of aromatic amines is 2. The number of carbonyl (C=O) groups is 2.